The van der Waals surface area contributed by atoms with Crippen LogP contribution < -0.4 is 4.31 Å². The molecule has 0 aliphatic heterocycles. The van der Waals surface area contributed by atoms with Gasteiger partial charge in [0, 0.05) is 14.1 Å². The maximum absolute atomic E-state index is 12.9. The van der Waals surface area contributed by atoms with Crippen LogP contribution in [0.15, 0.2) is 59.5 Å². The first-order valence-corrected chi connectivity index (χ1v) is 8.28. The number of anilines is 1. The molecule has 2 aromatic carbocycles. The maximum atomic E-state index is 12.9. The number of rotatable bonds is 5. The quantitative estimate of drug-likeness (QED) is 0.786. The Balaban J connectivity index is 2.51. The number of carbonyl (C=O) groups is 1. The minimum absolute atomic E-state index is 0.0552. The van der Waals surface area contributed by atoms with Crippen LogP contribution in [0.3, 0.4) is 0 Å². The van der Waals surface area contributed by atoms with Crippen LogP contribution in [-0.2, 0) is 14.9 Å². The first-order valence-electron chi connectivity index (χ1n) is 6.84. The van der Waals surface area contributed by atoms with E-state index >= 15 is 0 Å². The summed E-state index contributed by atoms with van der Waals surface area (Å²) >= 11 is 0. The molecule has 0 aliphatic rings. The molecule has 23 heavy (non-hydrogen) atoms. The third-order valence-corrected chi connectivity index (χ3v) is 5.28. The number of hydrogen-bond donors (Lipinski definition) is 0. The van der Waals surface area contributed by atoms with E-state index in [1.165, 1.54) is 33.3 Å². The van der Waals surface area contributed by atoms with Gasteiger partial charge in [-0.05, 0) is 24.3 Å². The van der Waals surface area contributed by atoms with Gasteiger partial charge in [-0.2, -0.15) is 0 Å². The van der Waals surface area contributed by atoms with Gasteiger partial charge in [0.05, 0.1) is 18.4 Å². The lowest BCUT2D eigenvalue weighted by Crippen LogP contribution is -2.31. The predicted octanol–water partition coefficient (Wildman–Crippen LogP) is 2.15. The van der Waals surface area contributed by atoms with E-state index in [1.807, 2.05) is 0 Å². The summed E-state index contributed by atoms with van der Waals surface area (Å²) in [5.74, 6) is -0.534. The SMILES string of the molecule is CON(C)C(=O)c1ccccc1S(=O)(=O)N(C)c1ccccc1. The zero-order valence-electron chi connectivity index (χ0n) is 13.1. The Morgan fingerprint density at radius 1 is 0.957 bits per heavy atom. The standard InChI is InChI=1S/C16H18N2O4S/c1-17(22-3)16(19)14-11-7-8-12-15(14)23(20,21)18(2)13-9-5-4-6-10-13/h4-12H,1-3H3. The number of benzene rings is 2. The summed E-state index contributed by atoms with van der Waals surface area (Å²) in [6, 6.07) is 14.7. The molecule has 1 amide bonds. The molecular weight excluding hydrogens is 316 g/mol. The lowest BCUT2D eigenvalue weighted by atomic mass is 10.2. The van der Waals surface area contributed by atoms with E-state index in [4.69, 9.17) is 4.84 Å². The van der Waals surface area contributed by atoms with Crippen molar-refractivity contribution in [3.63, 3.8) is 0 Å². The van der Waals surface area contributed by atoms with Crippen LogP contribution in [0.4, 0.5) is 5.69 Å². The first-order chi connectivity index (χ1) is 10.9. The van der Waals surface area contributed by atoms with Crippen molar-refractivity contribution in [1.82, 2.24) is 5.06 Å². The average Bonchev–Trinajstić information content (AvgIpc) is 2.60. The molecule has 0 saturated carbocycles. The van der Waals surface area contributed by atoms with Crippen molar-refractivity contribution in [2.24, 2.45) is 0 Å². The molecule has 0 unspecified atom stereocenters. The summed E-state index contributed by atoms with van der Waals surface area (Å²) in [4.78, 5) is 17.1. The van der Waals surface area contributed by atoms with Gasteiger partial charge in [-0.15, -0.1) is 0 Å². The fourth-order valence-corrected chi connectivity index (χ4v) is 3.42. The van der Waals surface area contributed by atoms with E-state index in [0.717, 1.165) is 9.37 Å². The molecule has 0 bridgehead atoms. The van der Waals surface area contributed by atoms with E-state index < -0.39 is 15.9 Å². The van der Waals surface area contributed by atoms with Crippen molar-refractivity contribution < 1.29 is 18.0 Å². The number of amides is 1. The van der Waals surface area contributed by atoms with Crippen LogP contribution in [0.2, 0.25) is 0 Å². The topological polar surface area (TPSA) is 66.9 Å². The molecule has 2 aromatic rings. The molecule has 2 rings (SSSR count). The monoisotopic (exact) mass is 334 g/mol. The van der Waals surface area contributed by atoms with Gasteiger partial charge >= 0.3 is 0 Å². The van der Waals surface area contributed by atoms with Crippen molar-refractivity contribution in [3.05, 3.63) is 60.2 Å². The molecule has 0 aliphatic carbocycles. The molecule has 0 spiro atoms. The fraction of sp³-hybridized carbons (Fsp3) is 0.188. The molecule has 122 valence electrons. The Bertz CT molecular complexity index is 791. The minimum atomic E-state index is -3.88. The summed E-state index contributed by atoms with van der Waals surface area (Å²) in [6.45, 7) is 0. The van der Waals surface area contributed by atoms with Gasteiger partial charge in [-0.25, -0.2) is 13.5 Å². The normalized spacial score (nSPS) is 11.1. The molecule has 0 radical (unpaired) electrons. The molecule has 0 fully saturated rings. The van der Waals surface area contributed by atoms with E-state index in [9.17, 15) is 13.2 Å². The maximum Gasteiger partial charge on any atom is 0.278 e. The smallest absolute Gasteiger partial charge is 0.274 e. The highest BCUT2D eigenvalue weighted by Gasteiger charge is 2.28. The van der Waals surface area contributed by atoms with E-state index in [2.05, 4.69) is 0 Å². The Hall–Kier alpha value is -2.38. The molecule has 0 heterocycles. The predicted molar refractivity (Wildman–Crippen MR) is 87.6 cm³/mol. The summed E-state index contributed by atoms with van der Waals surface area (Å²) in [7, 11) is 0.333. The second-order valence-electron chi connectivity index (χ2n) is 4.79. The molecule has 0 aromatic heterocycles. The van der Waals surface area contributed by atoms with Gasteiger partial charge in [-0.1, -0.05) is 30.3 Å². The summed E-state index contributed by atoms with van der Waals surface area (Å²) in [5.41, 5.74) is 0.564. The van der Waals surface area contributed by atoms with Gasteiger partial charge in [0.15, 0.2) is 0 Å². The van der Waals surface area contributed by atoms with Crippen molar-refractivity contribution in [3.8, 4) is 0 Å². The van der Waals surface area contributed by atoms with Crippen molar-refractivity contribution in [2.45, 2.75) is 4.90 Å². The van der Waals surface area contributed by atoms with Crippen LogP contribution >= 0.6 is 0 Å². The van der Waals surface area contributed by atoms with Gasteiger partial charge in [0.1, 0.15) is 4.90 Å². The zero-order chi connectivity index (χ0) is 17.0. The number of para-hydroxylation sites is 1. The molecule has 0 saturated heterocycles. The number of sulfonamides is 1. The second kappa shape index (κ2) is 6.80. The highest BCUT2D eigenvalue weighted by molar-refractivity contribution is 7.92. The molecule has 0 atom stereocenters. The minimum Gasteiger partial charge on any atom is -0.274 e. The zero-order valence-corrected chi connectivity index (χ0v) is 13.9. The Kier molecular flexibility index (Phi) is 5.02. The van der Waals surface area contributed by atoms with Crippen molar-refractivity contribution in [1.29, 1.82) is 0 Å². The molecule has 6 nitrogen and oxygen atoms in total. The van der Waals surface area contributed by atoms with Crippen LogP contribution in [0.25, 0.3) is 0 Å². The second-order valence-corrected chi connectivity index (χ2v) is 6.73. The third-order valence-electron chi connectivity index (χ3n) is 3.44. The first kappa shape index (κ1) is 17.0. The number of hydroxylamine groups is 2. The van der Waals surface area contributed by atoms with Crippen molar-refractivity contribution in [2.75, 3.05) is 25.5 Å². The summed E-state index contributed by atoms with van der Waals surface area (Å²) in [5, 5.41) is 0.983. The van der Waals surface area contributed by atoms with Gasteiger partial charge in [0.2, 0.25) is 0 Å². The Labute approximate surface area is 135 Å². The molecular formula is C16H18N2O4S. The number of hydrogen-bond acceptors (Lipinski definition) is 4. The summed E-state index contributed by atoms with van der Waals surface area (Å²) < 4.78 is 26.9. The van der Waals surface area contributed by atoms with Crippen LogP contribution in [0.1, 0.15) is 10.4 Å². The van der Waals surface area contributed by atoms with E-state index in [0.29, 0.717) is 5.69 Å². The Morgan fingerprint density at radius 2 is 1.52 bits per heavy atom. The number of nitrogens with zero attached hydrogens (tertiary/aromatic N) is 2. The van der Waals surface area contributed by atoms with Crippen molar-refractivity contribution >= 4 is 21.6 Å². The highest BCUT2D eigenvalue weighted by atomic mass is 32.2. The van der Waals surface area contributed by atoms with E-state index in [-0.39, 0.29) is 10.5 Å². The lowest BCUT2D eigenvalue weighted by Gasteiger charge is -2.22. The summed E-state index contributed by atoms with van der Waals surface area (Å²) in [6.07, 6.45) is 0. The van der Waals surface area contributed by atoms with Crippen LogP contribution in [0.5, 0.6) is 0 Å². The largest absolute Gasteiger partial charge is 0.278 e. The highest BCUT2D eigenvalue weighted by Crippen LogP contribution is 2.25. The lowest BCUT2D eigenvalue weighted by molar-refractivity contribution is -0.0759. The van der Waals surface area contributed by atoms with Crippen LogP contribution in [-0.4, -0.2) is 40.6 Å². The van der Waals surface area contributed by atoms with E-state index in [1.54, 1.807) is 42.5 Å². The Morgan fingerprint density at radius 3 is 2.13 bits per heavy atom. The fourth-order valence-electron chi connectivity index (χ4n) is 2.05. The van der Waals surface area contributed by atoms with Crippen LogP contribution in [0, 0.1) is 0 Å². The van der Waals surface area contributed by atoms with Gasteiger partial charge in [0.25, 0.3) is 15.9 Å². The number of carbonyl (C=O) groups excluding carboxylic acids is 1. The average molecular weight is 334 g/mol. The van der Waals surface area contributed by atoms with Gasteiger partial charge < -0.3 is 0 Å². The molecule has 7 heteroatoms. The molecule has 0 N–H and O–H groups in total. The van der Waals surface area contributed by atoms with Gasteiger partial charge in [-0.3, -0.25) is 13.9 Å². The third kappa shape index (κ3) is 3.35.